The van der Waals surface area contributed by atoms with Crippen molar-refractivity contribution in [3.63, 3.8) is 0 Å². The number of hydrogen-bond donors (Lipinski definition) is 3. The van der Waals surface area contributed by atoms with E-state index in [4.69, 9.17) is 16.6 Å². The minimum atomic E-state index is -0.157. The number of rotatable bonds is 5. The molecule has 0 amide bonds. The number of nitrogens with zero attached hydrogens (tertiary/aromatic N) is 3. The first-order valence-corrected chi connectivity index (χ1v) is 10.8. The summed E-state index contributed by atoms with van der Waals surface area (Å²) in [5.41, 5.74) is 2.04. The van der Waals surface area contributed by atoms with Crippen molar-refractivity contribution in [3.8, 4) is 0 Å². The van der Waals surface area contributed by atoms with Gasteiger partial charge in [0, 0.05) is 29.7 Å². The molecule has 0 unspecified atom stereocenters. The smallest absolute Gasteiger partial charge is 0.229 e. The van der Waals surface area contributed by atoms with Gasteiger partial charge < -0.3 is 15.7 Å². The summed E-state index contributed by atoms with van der Waals surface area (Å²) in [6.07, 6.45) is 13.4. The molecule has 6 nitrogen and oxygen atoms in total. The fourth-order valence-corrected chi connectivity index (χ4v) is 4.48. The van der Waals surface area contributed by atoms with Crippen LogP contribution in [0.1, 0.15) is 69.3 Å². The van der Waals surface area contributed by atoms with E-state index in [1.165, 1.54) is 37.7 Å². The Hall–Kier alpha value is -1.92. The zero-order valence-corrected chi connectivity index (χ0v) is 16.8. The zero-order valence-electron chi connectivity index (χ0n) is 16.1. The second-order valence-corrected chi connectivity index (χ2v) is 8.36. The van der Waals surface area contributed by atoms with Crippen LogP contribution in [0, 0.1) is 0 Å². The summed E-state index contributed by atoms with van der Waals surface area (Å²) in [6.45, 7) is 0. The van der Waals surface area contributed by atoms with Crippen LogP contribution >= 0.6 is 11.6 Å². The second-order valence-electron chi connectivity index (χ2n) is 7.97. The van der Waals surface area contributed by atoms with E-state index in [1.807, 2.05) is 12.3 Å². The maximum atomic E-state index is 9.80. The summed E-state index contributed by atoms with van der Waals surface area (Å²) in [7, 11) is 0. The Kier molecular flexibility index (Phi) is 6.27. The lowest BCUT2D eigenvalue weighted by Gasteiger charge is -2.29. The van der Waals surface area contributed by atoms with Crippen LogP contribution in [0.4, 0.5) is 17.5 Å². The molecule has 7 heteroatoms. The van der Waals surface area contributed by atoms with Gasteiger partial charge in [0.05, 0.1) is 6.10 Å². The summed E-state index contributed by atoms with van der Waals surface area (Å²) in [4.78, 5) is 13.4. The first-order valence-electron chi connectivity index (χ1n) is 10.4. The van der Waals surface area contributed by atoms with E-state index in [0.717, 1.165) is 37.2 Å². The molecule has 2 heterocycles. The topological polar surface area (TPSA) is 83.0 Å². The van der Waals surface area contributed by atoms with Crippen LogP contribution in [-0.2, 0) is 0 Å². The van der Waals surface area contributed by atoms with Crippen molar-refractivity contribution in [2.24, 2.45) is 0 Å². The van der Waals surface area contributed by atoms with Gasteiger partial charge in [0.1, 0.15) is 11.0 Å². The first kappa shape index (κ1) is 19.4. The van der Waals surface area contributed by atoms with Gasteiger partial charge >= 0.3 is 0 Å². The minimum absolute atomic E-state index is 0.157. The lowest BCUT2D eigenvalue weighted by molar-refractivity contribution is 0.126. The maximum Gasteiger partial charge on any atom is 0.229 e. The van der Waals surface area contributed by atoms with Gasteiger partial charge in [-0.15, -0.1) is 0 Å². The molecule has 150 valence electrons. The van der Waals surface area contributed by atoms with Gasteiger partial charge in [0.15, 0.2) is 0 Å². The lowest BCUT2D eigenvalue weighted by Crippen LogP contribution is -2.29. The molecule has 0 bridgehead atoms. The average Bonchev–Trinajstić information content (AvgIpc) is 2.71. The predicted molar refractivity (Wildman–Crippen MR) is 112 cm³/mol. The molecule has 2 fully saturated rings. The van der Waals surface area contributed by atoms with Gasteiger partial charge in [-0.3, -0.25) is 0 Å². The number of aliphatic hydroxyl groups excluding tert-OH is 1. The number of anilines is 3. The highest BCUT2D eigenvalue weighted by Gasteiger charge is 2.24. The summed E-state index contributed by atoms with van der Waals surface area (Å²) < 4.78 is 0. The number of nitrogens with one attached hydrogen (secondary N) is 2. The van der Waals surface area contributed by atoms with Crippen molar-refractivity contribution in [2.45, 2.75) is 75.9 Å². The molecule has 0 atom stereocenters. The highest BCUT2D eigenvalue weighted by atomic mass is 35.5. The Balaban J connectivity index is 1.56. The molecule has 2 aliphatic carbocycles. The standard InChI is InChI=1S/C21H28ClN5O/c22-19-12-16(10-11-23-19)26-21-24-13-18(14-4-2-1-3-5-14)20(27-21)25-15-6-8-17(28)9-7-15/h10-15,17,28H,1-9H2,(H2,23,24,25,26,27). The summed E-state index contributed by atoms with van der Waals surface area (Å²) in [5, 5.41) is 17.1. The second kappa shape index (κ2) is 9.05. The van der Waals surface area contributed by atoms with Crippen molar-refractivity contribution in [3.05, 3.63) is 35.2 Å². The van der Waals surface area contributed by atoms with Crippen molar-refractivity contribution < 1.29 is 5.11 Å². The molecule has 2 aromatic rings. The van der Waals surface area contributed by atoms with Gasteiger partial charge in [-0.2, -0.15) is 4.98 Å². The van der Waals surface area contributed by atoms with Crippen LogP contribution in [0.3, 0.4) is 0 Å². The van der Waals surface area contributed by atoms with Crippen LogP contribution in [0.15, 0.2) is 24.5 Å². The van der Waals surface area contributed by atoms with Crippen LogP contribution in [0.25, 0.3) is 0 Å². The Morgan fingerprint density at radius 2 is 1.79 bits per heavy atom. The van der Waals surface area contributed by atoms with E-state index < -0.39 is 0 Å². The third-order valence-corrected chi connectivity index (χ3v) is 6.09. The van der Waals surface area contributed by atoms with Crippen LogP contribution in [0.5, 0.6) is 0 Å². The Labute approximate surface area is 171 Å². The molecule has 2 aliphatic rings. The number of hydrogen-bond acceptors (Lipinski definition) is 6. The quantitative estimate of drug-likeness (QED) is 0.609. The largest absolute Gasteiger partial charge is 0.393 e. The highest BCUT2D eigenvalue weighted by molar-refractivity contribution is 6.29. The Morgan fingerprint density at radius 1 is 1.00 bits per heavy atom. The van der Waals surface area contributed by atoms with Gasteiger partial charge in [-0.1, -0.05) is 30.9 Å². The molecular formula is C21H28ClN5O. The molecule has 0 saturated heterocycles. The fourth-order valence-electron chi connectivity index (χ4n) is 4.30. The number of pyridine rings is 1. The maximum absolute atomic E-state index is 9.80. The van der Waals surface area contributed by atoms with Crippen LogP contribution in [-0.4, -0.2) is 32.2 Å². The third kappa shape index (κ3) is 4.92. The van der Waals surface area contributed by atoms with Crippen molar-refractivity contribution in [1.82, 2.24) is 15.0 Å². The molecule has 4 rings (SSSR count). The molecule has 0 spiro atoms. The van der Waals surface area contributed by atoms with Gasteiger partial charge in [-0.25, -0.2) is 9.97 Å². The lowest BCUT2D eigenvalue weighted by atomic mass is 9.84. The minimum Gasteiger partial charge on any atom is -0.393 e. The number of halogens is 1. The molecule has 0 radical (unpaired) electrons. The van der Waals surface area contributed by atoms with Crippen molar-refractivity contribution >= 4 is 29.1 Å². The average molecular weight is 402 g/mol. The Bertz CT molecular complexity index is 788. The van der Waals surface area contributed by atoms with Crippen molar-refractivity contribution in [1.29, 1.82) is 0 Å². The normalized spacial score (nSPS) is 23.4. The summed E-state index contributed by atoms with van der Waals surface area (Å²) >= 11 is 5.99. The van der Waals surface area contributed by atoms with Gasteiger partial charge in [0.25, 0.3) is 0 Å². The fraction of sp³-hybridized carbons (Fsp3) is 0.571. The number of aliphatic hydroxyl groups is 1. The molecule has 3 N–H and O–H groups in total. The van der Waals surface area contributed by atoms with E-state index >= 15 is 0 Å². The molecular weight excluding hydrogens is 374 g/mol. The van der Waals surface area contributed by atoms with Gasteiger partial charge in [-0.05, 0) is 56.6 Å². The van der Waals surface area contributed by atoms with E-state index in [9.17, 15) is 5.11 Å². The van der Waals surface area contributed by atoms with Crippen molar-refractivity contribution in [2.75, 3.05) is 10.6 Å². The summed E-state index contributed by atoms with van der Waals surface area (Å²) in [6, 6.07) is 3.96. The predicted octanol–water partition coefficient (Wildman–Crippen LogP) is 5.03. The summed E-state index contributed by atoms with van der Waals surface area (Å²) in [5.74, 6) is 2.01. The van der Waals surface area contributed by atoms with Crippen LogP contribution in [0.2, 0.25) is 5.15 Å². The third-order valence-electron chi connectivity index (χ3n) is 5.88. The zero-order chi connectivity index (χ0) is 19.3. The number of aromatic nitrogens is 3. The van der Waals surface area contributed by atoms with Crippen LogP contribution < -0.4 is 10.6 Å². The monoisotopic (exact) mass is 401 g/mol. The first-order chi connectivity index (χ1) is 13.7. The molecule has 28 heavy (non-hydrogen) atoms. The van der Waals surface area contributed by atoms with E-state index in [1.54, 1.807) is 12.3 Å². The SMILES string of the molecule is OC1CCC(Nc2nc(Nc3ccnc(Cl)c3)ncc2C2CCCCC2)CC1. The molecule has 2 aromatic heterocycles. The van der Waals surface area contributed by atoms with E-state index in [0.29, 0.717) is 23.1 Å². The van der Waals surface area contributed by atoms with E-state index in [2.05, 4.69) is 20.6 Å². The van der Waals surface area contributed by atoms with Gasteiger partial charge in [0.2, 0.25) is 5.95 Å². The highest BCUT2D eigenvalue weighted by Crippen LogP contribution is 2.37. The van der Waals surface area contributed by atoms with E-state index in [-0.39, 0.29) is 6.10 Å². The molecule has 0 aliphatic heterocycles. The molecule has 0 aromatic carbocycles. The Morgan fingerprint density at radius 3 is 2.54 bits per heavy atom. The molecule has 2 saturated carbocycles.